The van der Waals surface area contributed by atoms with Crippen LogP contribution in [0, 0.1) is 5.92 Å². The van der Waals surface area contributed by atoms with Gasteiger partial charge in [0.25, 0.3) is 0 Å². The van der Waals surface area contributed by atoms with Crippen molar-refractivity contribution >= 4 is 5.69 Å². The Bertz CT molecular complexity index is 433. The third-order valence-electron chi connectivity index (χ3n) is 4.65. The summed E-state index contributed by atoms with van der Waals surface area (Å²) < 4.78 is 0. The van der Waals surface area contributed by atoms with Crippen molar-refractivity contribution in [2.45, 2.75) is 51.5 Å². The highest BCUT2D eigenvalue weighted by atomic mass is 15.1. The first-order chi connectivity index (χ1) is 9.22. The molecule has 3 rings (SSSR count). The van der Waals surface area contributed by atoms with Gasteiger partial charge in [-0.25, -0.2) is 0 Å². The van der Waals surface area contributed by atoms with Crippen LogP contribution < -0.4 is 10.6 Å². The van der Waals surface area contributed by atoms with Crippen LogP contribution in [0.3, 0.4) is 0 Å². The van der Waals surface area contributed by atoms with E-state index in [1.807, 2.05) is 0 Å². The van der Waals surface area contributed by atoms with Crippen LogP contribution in [0.25, 0.3) is 0 Å². The minimum absolute atomic E-state index is 0.253. The summed E-state index contributed by atoms with van der Waals surface area (Å²) in [5.74, 6) is 0.933. The van der Waals surface area contributed by atoms with E-state index in [4.69, 9.17) is 5.73 Å². The average Bonchev–Trinajstić information content (AvgIpc) is 3.00. The lowest BCUT2D eigenvalue weighted by Gasteiger charge is -2.24. The van der Waals surface area contributed by atoms with Gasteiger partial charge in [0.05, 0.1) is 0 Å². The summed E-state index contributed by atoms with van der Waals surface area (Å²) in [5.41, 5.74) is 10.3. The predicted molar refractivity (Wildman–Crippen MR) is 81.7 cm³/mol. The van der Waals surface area contributed by atoms with Crippen molar-refractivity contribution in [3.05, 3.63) is 29.3 Å². The first-order valence-electron chi connectivity index (χ1n) is 7.84. The van der Waals surface area contributed by atoms with E-state index in [2.05, 4.69) is 30.0 Å². The SMILES string of the molecule is CC(N)Cc1ccc2c(c1)N(CC1CCCC1)CC2. The number of nitrogens with two attached hydrogens (primary N) is 1. The molecule has 1 aliphatic carbocycles. The molecule has 19 heavy (non-hydrogen) atoms. The molecule has 0 aromatic heterocycles. The van der Waals surface area contributed by atoms with Gasteiger partial charge >= 0.3 is 0 Å². The molecule has 1 heterocycles. The van der Waals surface area contributed by atoms with Crippen molar-refractivity contribution in [1.29, 1.82) is 0 Å². The normalized spacial score (nSPS) is 20.8. The maximum absolute atomic E-state index is 5.92. The maximum Gasteiger partial charge on any atom is 0.0402 e. The largest absolute Gasteiger partial charge is 0.371 e. The summed E-state index contributed by atoms with van der Waals surface area (Å²) in [6.07, 6.45) is 7.97. The summed E-state index contributed by atoms with van der Waals surface area (Å²) in [4.78, 5) is 2.62. The molecule has 0 spiro atoms. The number of benzene rings is 1. The highest BCUT2D eigenvalue weighted by Crippen LogP contribution is 2.33. The van der Waals surface area contributed by atoms with Crippen molar-refractivity contribution < 1.29 is 0 Å². The lowest BCUT2D eigenvalue weighted by atomic mass is 10.0. The molecule has 1 atom stereocenters. The smallest absolute Gasteiger partial charge is 0.0402 e. The molecule has 2 nitrogen and oxygen atoms in total. The van der Waals surface area contributed by atoms with Crippen molar-refractivity contribution in [3.63, 3.8) is 0 Å². The van der Waals surface area contributed by atoms with Gasteiger partial charge in [0, 0.05) is 24.8 Å². The average molecular weight is 258 g/mol. The molecule has 0 amide bonds. The number of hydrogen-bond acceptors (Lipinski definition) is 2. The minimum Gasteiger partial charge on any atom is -0.371 e. The van der Waals surface area contributed by atoms with Crippen LogP contribution in [-0.2, 0) is 12.8 Å². The molecular formula is C17H26N2. The number of nitrogens with zero attached hydrogens (tertiary/aromatic N) is 1. The van der Waals surface area contributed by atoms with Crippen LogP contribution in [0.5, 0.6) is 0 Å². The Morgan fingerprint density at radius 1 is 1.32 bits per heavy atom. The second kappa shape index (κ2) is 5.54. The molecule has 1 aliphatic heterocycles. The van der Waals surface area contributed by atoms with Gasteiger partial charge in [0.15, 0.2) is 0 Å². The molecule has 0 saturated heterocycles. The third-order valence-corrected chi connectivity index (χ3v) is 4.65. The summed E-state index contributed by atoms with van der Waals surface area (Å²) in [6.45, 7) is 4.58. The quantitative estimate of drug-likeness (QED) is 0.899. The van der Waals surface area contributed by atoms with Crippen LogP contribution >= 0.6 is 0 Å². The zero-order chi connectivity index (χ0) is 13.2. The molecule has 1 aromatic rings. The molecule has 0 radical (unpaired) electrons. The van der Waals surface area contributed by atoms with Crippen LogP contribution in [-0.4, -0.2) is 19.1 Å². The van der Waals surface area contributed by atoms with E-state index < -0.39 is 0 Å². The van der Waals surface area contributed by atoms with E-state index in [-0.39, 0.29) is 6.04 Å². The summed E-state index contributed by atoms with van der Waals surface area (Å²) in [5, 5.41) is 0. The van der Waals surface area contributed by atoms with Gasteiger partial charge in [-0.15, -0.1) is 0 Å². The summed E-state index contributed by atoms with van der Waals surface area (Å²) in [6, 6.07) is 7.23. The lowest BCUT2D eigenvalue weighted by Crippen LogP contribution is -2.26. The first-order valence-corrected chi connectivity index (χ1v) is 7.84. The first kappa shape index (κ1) is 13.0. The fourth-order valence-electron chi connectivity index (χ4n) is 3.68. The third kappa shape index (κ3) is 2.94. The highest BCUT2D eigenvalue weighted by molar-refractivity contribution is 5.59. The van der Waals surface area contributed by atoms with Gasteiger partial charge in [-0.05, 0) is 55.7 Å². The van der Waals surface area contributed by atoms with Crippen molar-refractivity contribution in [2.24, 2.45) is 11.7 Å². The molecule has 104 valence electrons. The Balaban J connectivity index is 1.73. The van der Waals surface area contributed by atoms with Crippen molar-refractivity contribution in [1.82, 2.24) is 0 Å². The van der Waals surface area contributed by atoms with E-state index in [9.17, 15) is 0 Å². The zero-order valence-corrected chi connectivity index (χ0v) is 12.1. The topological polar surface area (TPSA) is 29.3 Å². The molecular weight excluding hydrogens is 232 g/mol. The number of hydrogen-bond donors (Lipinski definition) is 1. The standard InChI is InChI=1S/C17H26N2/c1-13(18)10-15-6-7-16-8-9-19(17(16)11-15)12-14-4-2-3-5-14/h6-7,11,13-14H,2-5,8-10,12,18H2,1H3. The van der Waals surface area contributed by atoms with Crippen molar-refractivity contribution in [2.75, 3.05) is 18.0 Å². The van der Waals surface area contributed by atoms with Gasteiger partial charge in [-0.3, -0.25) is 0 Å². The Morgan fingerprint density at radius 3 is 2.84 bits per heavy atom. The van der Waals surface area contributed by atoms with Gasteiger partial charge < -0.3 is 10.6 Å². The molecule has 1 saturated carbocycles. The molecule has 0 bridgehead atoms. The Labute approximate surface area is 117 Å². The van der Waals surface area contributed by atoms with Gasteiger partial charge in [-0.2, -0.15) is 0 Å². The molecule has 1 fully saturated rings. The van der Waals surface area contributed by atoms with Crippen LogP contribution in [0.2, 0.25) is 0 Å². The van der Waals surface area contributed by atoms with Crippen molar-refractivity contribution in [3.8, 4) is 0 Å². The summed E-state index contributed by atoms with van der Waals surface area (Å²) in [7, 11) is 0. The molecule has 2 N–H and O–H groups in total. The predicted octanol–water partition coefficient (Wildman–Crippen LogP) is 3.13. The molecule has 2 aliphatic rings. The number of rotatable bonds is 4. The fourth-order valence-corrected chi connectivity index (χ4v) is 3.68. The second-order valence-electron chi connectivity index (χ2n) is 6.49. The Morgan fingerprint density at radius 2 is 2.11 bits per heavy atom. The second-order valence-corrected chi connectivity index (χ2v) is 6.49. The van der Waals surface area contributed by atoms with Crippen LogP contribution in [0.15, 0.2) is 18.2 Å². The lowest BCUT2D eigenvalue weighted by molar-refractivity contribution is 0.538. The molecule has 1 aromatic carbocycles. The minimum atomic E-state index is 0.253. The van der Waals surface area contributed by atoms with Crippen LogP contribution in [0.4, 0.5) is 5.69 Å². The summed E-state index contributed by atoms with van der Waals surface area (Å²) >= 11 is 0. The van der Waals surface area contributed by atoms with Gasteiger partial charge in [0.2, 0.25) is 0 Å². The number of fused-ring (bicyclic) bond motifs is 1. The zero-order valence-electron chi connectivity index (χ0n) is 12.1. The van der Waals surface area contributed by atoms with E-state index in [1.54, 1.807) is 0 Å². The van der Waals surface area contributed by atoms with Crippen LogP contribution in [0.1, 0.15) is 43.7 Å². The Hall–Kier alpha value is -1.02. The van der Waals surface area contributed by atoms with E-state index in [0.29, 0.717) is 0 Å². The highest BCUT2D eigenvalue weighted by Gasteiger charge is 2.24. The van der Waals surface area contributed by atoms with Gasteiger partial charge in [0.1, 0.15) is 0 Å². The molecule has 2 heteroatoms. The molecule has 1 unspecified atom stereocenters. The fraction of sp³-hybridized carbons (Fsp3) is 0.647. The van der Waals surface area contributed by atoms with Gasteiger partial charge in [-0.1, -0.05) is 25.0 Å². The monoisotopic (exact) mass is 258 g/mol. The maximum atomic E-state index is 5.92. The van der Waals surface area contributed by atoms with E-state index in [0.717, 1.165) is 12.3 Å². The number of anilines is 1. The van der Waals surface area contributed by atoms with E-state index in [1.165, 1.54) is 62.0 Å². The van der Waals surface area contributed by atoms with E-state index >= 15 is 0 Å². The Kier molecular flexibility index (Phi) is 3.79.